The summed E-state index contributed by atoms with van der Waals surface area (Å²) in [5, 5.41) is 6.41. The van der Waals surface area contributed by atoms with Crippen molar-refractivity contribution in [2.24, 2.45) is 4.99 Å². The Morgan fingerprint density at radius 3 is 2.60 bits per heavy atom. The summed E-state index contributed by atoms with van der Waals surface area (Å²) in [6, 6.07) is 10.6. The van der Waals surface area contributed by atoms with Gasteiger partial charge in [0.1, 0.15) is 12.4 Å². The van der Waals surface area contributed by atoms with Gasteiger partial charge in [0.2, 0.25) is 10.0 Å². The fourth-order valence-corrected chi connectivity index (χ4v) is 3.65. The highest BCUT2D eigenvalue weighted by Gasteiger charge is 2.20. The molecule has 2 rings (SSSR count). The zero-order chi connectivity index (χ0) is 21.1. The molecule has 0 saturated heterocycles. The van der Waals surface area contributed by atoms with Crippen LogP contribution in [0.4, 0.5) is 0 Å². The van der Waals surface area contributed by atoms with Crippen LogP contribution in [0.15, 0.2) is 57.0 Å². The summed E-state index contributed by atoms with van der Waals surface area (Å²) in [5.74, 6) is 1.44. The second-order valence-corrected chi connectivity index (χ2v) is 8.62. The predicted molar refractivity (Wildman–Crippen MR) is 129 cm³/mol. The van der Waals surface area contributed by atoms with E-state index in [4.69, 9.17) is 9.15 Å². The van der Waals surface area contributed by atoms with Gasteiger partial charge in [-0.1, -0.05) is 18.2 Å². The van der Waals surface area contributed by atoms with Crippen LogP contribution in [0.25, 0.3) is 0 Å². The normalized spacial score (nSPS) is 11.9. The zero-order valence-electron chi connectivity index (χ0n) is 17.6. The summed E-state index contributed by atoms with van der Waals surface area (Å²) in [6.07, 6.45) is 2.43. The SMILES string of the molecule is CCNC(=NCc1ccccc1S(=O)(=O)N(C)C)NCCCOCc1ccco1.I. The van der Waals surface area contributed by atoms with E-state index >= 15 is 0 Å². The standard InChI is InChI=1S/C20H30N4O4S.HI/c1-4-21-20(22-12-8-13-27-16-18-10-7-14-28-18)23-15-17-9-5-6-11-19(17)29(25,26)24(2)3;/h5-7,9-11,14H,4,8,12-13,15-16H2,1-3H3,(H2,21,22,23);1H. The number of hydrogen-bond donors (Lipinski definition) is 2. The van der Waals surface area contributed by atoms with Crippen LogP contribution in [0.1, 0.15) is 24.7 Å². The highest BCUT2D eigenvalue weighted by atomic mass is 127. The van der Waals surface area contributed by atoms with Crippen molar-refractivity contribution in [1.82, 2.24) is 14.9 Å². The quantitative estimate of drug-likeness (QED) is 0.193. The van der Waals surface area contributed by atoms with E-state index in [1.165, 1.54) is 18.4 Å². The third-order valence-electron chi connectivity index (χ3n) is 4.07. The predicted octanol–water partition coefficient (Wildman–Crippen LogP) is 2.81. The fourth-order valence-electron chi connectivity index (χ4n) is 2.54. The number of sulfonamides is 1. The Labute approximate surface area is 196 Å². The number of nitrogens with zero attached hydrogens (tertiary/aromatic N) is 2. The fraction of sp³-hybridized carbons (Fsp3) is 0.450. The van der Waals surface area contributed by atoms with Crippen molar-refractivity contribution in [3.63, 3.8) is 0 Å². The molecule has 0 aliphatic heterocycles. The lowest BCUT2D eigenvalue weighted by Gasteiger charge is -2.15. The number of halogens is 1. The maximum absolute atomic E-state index is 12.5. The number of nitrogens with one attached hydrogen (secondary N) is 2. The van der Waals surface area contributed by atoms with E-state index < -0.39 is 10.0 Å². The van der Waals surface area contributed by atoms with Crippen LogP contribution in [-0.4, -0.2) is 52.5 Å². The third-order valence-corrected chi connectivity index (χ3v) is 5.98. The molecule has 10 heteroatoms. The number of furan rings is 1. The second-order valence-electron chi connectivity index (χ2n) is 6.50. The van der Waals surface area contributed by atoms with E-state index in [1.807, 2.05) is 25.1 Å². The molecule has 0 fully saturated rings. The summed E-state index contributed by atoms with van der Waals surface area (Å²) in [4.78, 5) is 4.81. The van der Waals surface area contributed by atoms with Gasteiger partial charge >= 0.3 is 0 Å². The molecule has 168 valence electrons. The summed E-state index contributed by atoms with van der Waals surface area (Å²) in [5.41, 5.74) is 0.653. The van der Waals surface area contributed by atoms with Crippen molar-refractivity contribution in [3.05, 3.63) is 54.0 Å². The van der Waals surface area contributed by atoms with Gasteiger partial charge in [0.05, 0.1) is 17.7 Å². The molecule has 1 heterocycles. The molecule has 0 unspecified atom stereocenters. The van der Waals surface area contributed by atoms with Crippen molar-refractivity contribution in [2.45, 2.75) is 31.4 Å². The van der Waals surface area contributed by atoms with Gasteiger partial charge in [-0.05, 0) is 37.1 Å². The molecule has 0 aliphatic rings. The van der Waals surface area contributed by atoms with E-state index in [1.54, 1.807) is 24.5 Å². The van der Waals surface area contributed by atoms with Crippen LogP contribution >= 0.6 is 24.0 Å². The summed E-state index contributed by atoms with van der Waals surface area (Å²) < 4.78 is 37.0. The Bertz CT molecular complexity index is 871. The monoisotopic (exact) mass is 550 g/mol. The Kier molecular flexibility index (Phi) is 12.0. The molecule has 0 spiro atoms. The Morgan fingerprint density at radius 2 is 1.93 bits per heavy atom. The van der Waals surface area contributed by atoms with Crippen molar-refractivity contribution in [1.29, 1.82) is 0 Å². The lowest BCUT2D eigenvalue weighted by atomic mass is 10.2. The maximum atomic E-state index is 12.5. The maximum Gasteiger partial charge on any atom is 0.242 e. The van der Waals surface area contributed by atoms with Gasteiger partial charge in [-0.2, -0.15) is 0 Å². The first-order valence-electron chi connectivity index (χ1n) is 9.58. The molecule has 1 aromatic heterocycles. The van der Waals surface area contributed by atoms with Gasteiger partial charge in [-0.25, -0.2) is 17.7 Å². The first-order valence-corrected chi connectivity index (χ1v) is 11.0. The van der Waals surface area contributed by atoms with Crippen LogP contribution in [-0.2, 0) is 27.9 Å². The lowest BCUT2D eigenvalue weighted by Crippen LogP contribution is -2.38. The number of aliphatic imine (C=N–C) groups is 1. The number of rotatable bonds is 11. The summed E-state index contributed by atoms with van der Waals surface area (Å²) >= 11 is 0. The molecule has 0 atom stereocenters. The summed E-state index contributed by atoms with van der Waals surface area (Å²) in [7, 11) is -0.469. The third kappa shape index (κ3) is 8.25. The molecule has 2 N–H and O–H groups in total. The highest BCUT2D eigenvalue weighted by molar-refractivity contribution is 14.0. The second kappa shape index (κ2) is 13.6. The molecule has 0 aliphatic carbocycles. The molecule has 0 bridgehead atoms. The van der Waals surface area contributed by atoms with E-state index in [0.717, 1.165) is 12.2 Å². The van der Waals surface area contributed by atoms with Crippen molar-refractivity contribution in [2.75, 3.05) is 33.8 Å². The van der Waals surface area contributed by atoms with Gasteiger partial charge in [0.15, 0.2) is 5.96 Å². The molecule has 1 aromatic carbocycles. The van der Waals surface area contributed by atoms with Gasteiger partial charge < -0.3 is 19.8 Å². The zero-order valence-corrected chi connectivity index (χ0v) is 20.8. The smallest absolute Gasteiger partial charge is 0.242 e. The van der Waals surface area contributed by atoms with Crippen LogP contribution in [0.3, 0.4) is 0 Å². The molecular weight excluding hydrogens is 519 g/mol. The van der Waals surface area contributed by atoms with Crippen molar-refractivity contribution in [3.8, 4) is 0 Å². The minimum absolute atomic E-state index is 0. The first-order chi connectivity index (χ1) is 13.9. The number of guanidine groups is 1. The average Bonchev–Trinajstić information content (AvgIpc) is 3.22. The molecule has 0 saturated carbocycles. The van der Waals surface area contributed by atoms with Crippen LogP contribution in [0, 0.1) is 0 Å². The molecular formula is C20H31IN4O4S. The van der Waals surface area contributed by atoms with Crippen molar-refractivity contribution >= 4 is 40.0 Å². The molecule has 2 aromatic rings. The first kappa shape index (κ1) is 26.4. The van der Waals surface area contributed by atoms with Crippen LogP contribution < -0.4 is 10.6 Å². The Morgan fingerprint density at radius 1 is 1.17 bits per heavy atom. The van der Waals surface area contributed by atoms with Gasteiger partial charge in [-0.15, -0.1) is 24.0 Å². The largest absolute Gasteiger partial charge is 0.467 e. The molecule has 0 amide bonds. The number of benzene rings is 1. The van der Waals surface area contributed by atoms with Gasteiger partial charge in [-0.3, -0.25) is 0 Å². The molecule has 30 heavy (non-hydrogen) atoms. The van der Waals surface area contributed by atoms with E-state index in [2.05, 4.69) is 15.6 Å². The van der Waals surface area contributed by atoms with Crippen LogP contribution in [0.2, 0.25) is 0 Å². The van der Waals surface area contributed by atoms with Crippen LogP contribution in [0.5, 0.6) is 0 Å². The minimum atomic E-state index is -3.51. The molecule has 8 nitrogen and oxygen atoms in total. The Hall–Kier alpha value is -1.63. The highest BCUT2D eigenvalue weighted by Crippen LogP contribution is 2.19. The van der Waals surface area contributed by atoms with Gasteiger partial charge in [0, 0.05) is 33.8 Å². The van der Waals surface area contributed by atoms with E-state index in [0.29, 0.717) is 37.8 Å². The van der Waals surface area contributed by atoms with Crippen molar-refractivity contribution < 1.29 is 17.6 Å². The summed E-state index contributed by atoms with van der Waals surface area (Å²) in [6.45, 7) is 4.68. The number of hydrogen-bond acceptors (Lipinski definition) is 5. The Balaban J connectivity index is 0.00000450. The van der Waals surface area contributed by atoms with E-state index in [9.17, 15) is 8.42 Å². The minimum Gasteiger partial charge on any atom is -0.467 e. The average molecular weight is 550 g/mol. The van der Waals surface area contributed by atoms with E-state index in [-0.39, 0.29) is 35.4 Å². The lowest BCUT2D eigenvalue weighted by molar-refractivity contribution is 0.105. The molecule has 0 radical (unpaired) electrons. The topological polar surface area (TPSA) is 96.2 Å². The number of ether oxygens (including phenoxy) is 1. The van der Waals surface area contributed by atoms with Gasteiger partial charge in [0.25, 0.3) is 0 Å².